The van der Waals surface area contributed by atoms with Crippen LogP contribution in [-0.2, 0) is 0 Å². The van der Waals surface area contributed by atoms with Gasteiger partial charge in [0.05, 0.1) is 0 Å². The molecule has 114 valence electrons. The van der Waals surface area contributed by atoms with Crippen molar-refractivity contribution in [2.75, 3.05) is 6.54 Å². The molecule has 1 atom stereocenters. The Hall–Kier alpha value is -0.830. The van der Waals surface area contributed by atoms with Crippen molar-refractivity contribution >= 4 is 22.9 Å². The van der Waals surface area contributed by atoms with E-state index in [1.165, 1.54) is 34.6 Å². The first-order valence-electron chi connectivity index (χ1n) is 7.75. The van der Waals surface area contributed by atoms with E-state index in [1.807, 2.05) is 17.4 Å². The maximum absolute atomic E-state index is 6.39. The van der Waals surface area contributed by atoms with Crippen molar-refractivity contribution in [1.29, 1.82) is 0 Å². The molecule has 0 fully saturated rings. The molecule has 1 heterocycles. The Balaban J connectivity index is 2.22. The molecule has 1 nitrogen and oxygen atoms in total. The second-order valence-electron chi connectivity index (χ2n) is 5.48. The molecule has 2 rings (SSSR count). The van der Waals surface area contributed by atoms with Crippen LogP contribution in [0.25, 0.3) is 10.4 Å². The summed E-state index contributed by atoms with van der Waals surface area (Å²) < 4.78 is 0. The summed E-state index contributed by atoms with van der Waals surface area (Å²) in [6, 6.07) is 11.2. The highest BCUT2D eigenvalue weighted by Crippen LogP contribution is 2.36. The van der Waals surface area contributed by atoms with Gasteiger partial charge in [-0.1, -0.05) is 44.0 Å². The van der Waals surface area contributed by atoms with Crippen molar-refractivity contribution in [2.24, 2.45) is 0 Å². The fourth-order valence-corrected chi connectivity index (χ4v) is 4.01. The van der Waals surface area contributed by atoms with Crippen LogP contribution in [0.2, 0.25) is 5.02 Å². The lowest BCUT2D eigenvalue weighted by atomic mass is 10.1. The topological polar surface area (TPSA) is 12.0 Å². The molecule has 21 heavy (non-hydrogen) atoms. The van der Waals surface area contributed by atoms with E-state index >= 15 is 0 Å². The van der Waals surface area contributed by atoms with Gasteiger partial charge in [-0.2, -0.15) is 0 Å². The molecule has 1 aromatic carbocycles. The molecule has 0 spiro atoms. The number of benzene rings is 1. The van der Waals surface area contributed by atoms with Crippen molar-refractivity contribution in [1.82, 2.24) is 5.32 Å². The molecule has 0 amide bonds. The SMILES string of the molecule is CCCNC(CCC)c1ccc(-c2ccc(C)cc2Cl)s1. The summed E-state index contributed by atoms with van der Waals surface area (Å²) in [5, 5.41) is 4.50. The first-order chi connectivity index (χ1) is 10.2. The minimum Gasteiger partial charge on any atom is -0.309 e. The Kier molecular flexibility index (Phi) is 6.28. The monoisotopic (exact) mass is 321 g/mol. The van der Waals surface area contributed by atoms with Crippen molar-refractivity contribution in [3.8, 4) is 10.4 Å². The predicted octanol–water partition coefficient (Wildman–Crippen LogP) is 6.22. The van der Waals surface area contributed by atoms with E-state index in [1.54, 1.807) is 0 Å². The van der Waals surface area contributed by atoms with Gasteiger partial charge in [-0.15, -0.1) is 11.3 Å². The number of nitrogens with one attached hydrogen (secondary N) is 1. The van der Waals surface area contributed by atoms with E-state index in [9.17, 15) is 0 Å². The maximum atomic E-state index is 6.39. The van der Waals surface area contributed by atoms with Gasteiger partial charge in [-0.05, 0) is 50.1 Å². The summed E-state index contributed by atoms with van der Waals surface area (Å²) in [6.07, 6.45) is 3.55. The van der Waals surface area contributed by atoms with Crippen LogP contribution in [0.15, 0.2) is 30.3 Å². The molecule has 0 aliphatic rings. The summed E-state index contributed by atoms with van der Waals surface area (Å²) in [7, 11) is 0. The lowest BCUT2D eigenvalue weighted by Crippen LogP contribution is -2.21. The molecule has 0 bridgehead atoms. The Morgan fingerprint density at radius 1 is 1.14 bits per heavy atom. The summed E-state index contributed by atoms with van der Waals surface area (Å²) in [4.78, 5) is 2.67. The van der Waals surface area contributed by atoms with Gasteiger partial charge in [0.1, 0.15) is 0 Å². The fourth-order valence-electron chi connectivity index (χ4n) is 2.46. The quantitative estimate of drug-likeness (QED) is 0.638. The van der Waals surface area contributed by atoms with Crippen molar-refractivity contribution < 1.29 is 0 Å². The summed E-state index contributed by atoms with van der Waals surface area (Å²) in [6.45, 7) is 7.60. The minimum atomic E-state index is 0.470. The van der Waals surface area contributed by atoms with Crippen molar-refractivity contribution in [3.63, 3.8) is 0 Å². The number of aryl methyl sites for hydroxylation is 1. The second kappa shape index (κ2) is 7.98. The first-order valence-corrected chi connectivity index (χ1v) is 8.94. The molecule has 3 heteroatoms. The van der Waals surface area contributed by atoms with Gasteiger partial charge in [0.25, 0.3) is 0 Å². The zero-order valence-electron chi connectivity index (χ0n) is 13.1. The van der Waals surface area contributed by atoms with E-state index in [0.717, 1.165) is 17.1 Å². The average Bonchev–Trinajstić information content (AvgIpc) is 2.93. The summed E-state index contributed by atoms with van der Waals surface area (Å²) in [5.41, 5.74) is 2.35. The zero-order chi connectivity index (χ0) is 15.2. The van der Waals surface area contributed by atoms with Crippen molar-refractivity contribution in [2.45, 2.75) is 46.1 Å². The molecule has 0 aliphatic carbocycles. The molecule has 0 saturated carbocycles. The largest absolute Gasteiger partial charge is 0.309 e. The number of halogens is 1. The van der Waals surface area contributed by atoms with Gasteiger partial charge in [-0.25, -0.2) is 0 Å². The molecule has 1 aromatic heterocycles. The Bertz CT molecular complexity index is 576. The zero-order valence-corrected chi connectivity index (χ0v) is 14.7. The molecule has 0 saturated heterocycles. The van der Waals surface area contributed by atoms with E-state index in [4.69, 9.17) is 11.6 Å². The summed E-state index contributed by atoms with van der Waals surface area (Å²) >= 11 is 8.25. The van der Waals surface area contributed by atoms with Crippen LogP contribution in [0.1, 0.15) is 49.6 Å². The van der Waals surface area contributed by atoms with Gasteiger partial charge >= 0.3 is 0 Å². The van der Waals surface area contributed by atoms with Crippen LogP contribution in [0, 0.1) is 6.92 Å². The Morgan fingerprint density at radius 2 is 1.95 bits per heavy atom. The Labute approximate surface area is 137 Å². The van der Waals surface area contributed by atoms with Gasteiger partial charge in [-0.3, -0.25) is 0 Å². The molecule has 2 aromatic rings. The van der Waals surface area contributed by atoms with Crippen LogP contribution in [0.5, 0.6) is 0 Å². The van der Waals surface area contributed by atoms with Gasteiger partial charge in [0.15, 0.2) is 0 Å². The summed E-state index contributed by atoms with van der Waals surface area (Å²) in [5.74, 6) is 0. The third-order valence-electron chi connectivity index (χ3n) is 3.58. The third kappa shape index (κ3) is 4.32. The average molecular weight is 322 g/mol. The lowest BCUT2D eigenvalue weighted by Gasteiger charge is -2.16. The van der Waals surface area contributed by atoms with Gasteiger partial charge in [0, 0.05) is 26.4 Å². The second-order valence-corrected chi connectivity index (χ2v) is 7.00. The number of hydrogen-bond donors (Lipinski definition) is 1. The molecule has 0 aliphatic heterocycles. The normalized spacial score (nSPS) is 12.6. The Morgan fingerprint density at radius 3 is 2.62 bits per heavy atom. The number of rotatable bonds is 7. The highest BCUT2D eigenvalue weighted by Gasteiger charge is 2.14. The molecule has 1 N–H and O–H groups in total. The van der Waals surface area contributed by atoms with Crippen LogP contribution < -0.4 is 5.32 Å². The van der Waals surface area contributed by atoms with Gasteiger partial charge < -0.3 is 5.32 Å². The van der Waals surface area contributed by atoms with E-state index in [-0.39, 0.29) is 0 Å². The fraction of sp³-hybridized carbons (Fsp3) is 0.444. The highest BCUT2D eigenvalue weighted by atomic mass is 35.5. The smallest absolute Gasteiger partial charge is 0.0495 e. The van der Waals surface area contributed by atoms with E-state index < -0.39 is 0 Å². The molecule has 0 radical (unpaired) electrons. The maximum Gasteiger partial charge on any atom is 0.0495 e. The van der Waals surface area contributed by atoms with E-state index in [0.29, 0.717) is 6.04 Å². The van der Waals surface area contributed by atoms with Crippen LogP contribution in [0.3, 0.4) is 0 Å². The minimum absolute atomic E-state index is 0.470. The molecular formula is C18H24ClNS. The third-order valence-corrected chi connectivity index (χ3v) is 5.12. The van der Waals surface area contributed by atoms with Crippen LogP contribution in [0.4, 0.5) is 0 Å². The molecular weight excluding hydrogens is 298 g/mol. The van der Waals surface area contributed by atoms with Crippen LogP contribution in [-0.4, -0.2) is 6.54 Å². The van der Waals surface area contributed by atoms with Crippen molar-refractivity contribution in [3.05, 3.63) is 45.8 Å². The lowest BCUT2D eigenvalue weighted by molar-refractivity contribution is 0.501. The standard InChI is InChI=1S/C18H24ClNS/c1-4-6-16(20-11-5-2)18-10-9-17(21-18)14-8-7-13(3)12-15(14)19/h7-10,12,16,20H,4-6,11H2,1-3H3. The number of thiophene rings is 1. The predicted molar refractivity (Wildman–Crippen MR) is 95.4 cm³/mol. The highest BCUT2D eigenvalue weighted by molar-refractivity contribution is 7.15. The number of hydrogen-bond acceptors (Lipinski definition) is 2. The van der Waals surface area contributed by atoms with Gasteiger partial charge in [0.2, 0.25) is 0 Å². The molecule has 1 unspecified atom stereocenters. The van der Waals surface area contributed by atoms with Crippen LogP contribution >= 0.6 is 22.9 Å². The first kappa shape index (κ1) is 16.5. The van der Waals surface area contributed by atoms with E-state index in [2.05, 4.69) is 50.4 Å².